The van der Waals surface area contributed by atoms with Gasteiger partial charge in [0, 0.05) is 49.4 Å². The molecule has 3 saturated carbocycles. The highest BCUT2D eigenvalue weighted by Crippen LogP contribution is 2.69. The zero-order chi connectivity index (χ0) is 22.5. The Bertz CT molecular complexity index is 1310. The fourth-order valence-electron chi connectivity index (χ4n) is 5.43. The maximum atomic E-state index is 13.7. The van der Waals surface area contributed by atoms with Crippen LogP contribution in [0.4, 0.5) is 4.39 Å². The summed E-state index contributed by atoms with van der Waals surface area (Å²) in [5.41, 5.74) is 3.93. The van der Waals surface area contributed by atoms with Crippen LogP contribution in [-0.2, 0) is 13.1 Å². The van der Waals surface area contributed by atoms with Gasteiger partial charge in [0.2, 0.25) is 0 Å². The molecule has 2 bridgehead atoms. The molecule has 0 spiro atoms. The van der Waals surface area contributed by atoms with E-state index in [2.05, 4.69) is 38.8 Å². The van der Waals surface area contributed by atoms with Gasteiger partial charge in [-0.1, -0.05) is 12.1 Å². The minimum atomic E-state index is -0.837. The van der Waals surface area contributed by atoms with Crippen LogP contribution in [0.1, 0.15) is 40.9 Å². The summed E-state index contributed by atoms with van der Waals surface area (Å²) in [6, 6.07) is 14.0. The van der Waals surface area contributed by atoms with Gasteiger partial charge in [-0.2, -0.15) is 0 Å². The Morgan fingerprint density at radius 1 is 1.09 bits per heavy atom. The molecule has 0 radical (unpaired) electrons. The van der Waals surface area contributed by atoms with Crippen LogP contribution in [0.5, 0.6) is 0 Å². The largest absolute Gasteiger partial charge is 0.357 e. The lowest BCUT2D eigenvalue weighted by molar-refractivity contribution is -0.209. The number of pyridine rings is 1. The smallest absolute Gasteiger partial charge is 0.253 e. The molecule has 7 heteroatoms. The number of H-pyrrole nitrogens is 1. The average Bonchev–Trinajstić information content (AvgIpc) is 3.45. The summed E-state index contributed by atoms with van der Waals surface area (Å²) < 4.78 is 15.6. The molecular formula is C26H26FN5O. The first-order valence-electron chi connectivity index (χ1n) is 11.4. The zero-order valence-electron chi connectivity index (χ0n) is 18.3. The maximum Gasteiger partial charge on any atom is 0.253 e. The van der Waals surface area contributed by atoms with E-state index in [0.29, 0.717) is 12.1 Å². The highest BCUT2D eigenvalue weighted by Gasteiger charge is 2.68. The number of hydrogen-bond donors (Lipinski definition) is 3. The van der Waals surface area contributed by atoms with E-state index < -0.39 is 5.67 Å². The summed E-state index contributed by atoms with van der Waals surface area (Å²) in [6.45, 7) is 2.06. The number of aromatic amines is 1. The monoisotopic (exact) mass is 443 g/mol. The van der Waals surface area contributed by atoms with Crippen molar-refractivity contribution in [2.24, 2.45) is 5.41 Å². The van der Waals surface area contributed by atoms with E-state index in [1.54, 1.807) is 12.4 Å². The summed E-state index contributed by atoms with van der Waals surface area (Å²) in [5, 5.41) is 7.61. The van der Waals surface area contributed by atoms with E-state index in [0.717, 1.165) is 60.2 Å². The van der Waals surface area contributed by atoms with Crippen LogP contribution >= 0.6 is 0 Å². The molecule has 0 unspecified atom stereocenters. The predicted octanol–water partition coefficient (Wildman–Crippen LogP) is 4.27. The van der Waals surface area contributed by atoms with Gasteiger partial charge >= 0.3 is 0 Å². The molecular weight excluding hydrogens is 417 g/mol. The van der Waals surface area contributed by atoms with E-state index in [4.69, 9.17) is 0 Å². The van der Waals surface area contributed by atoms with Crippen LogP contribution in [0.25, 0.3) is 16.6 Å². The fraction of sp³-hybridized carbons (Fsp3) is 0.308. The van der Waals surface area contributed by atoms with E-state index >= 15 is 0 Å². The number of benzene rings is 1. The van der Waals surface area contributed by atoms with Crippen LogP contribution in [0.2, 0.25) is 0 Å². The molecule has 0 aliphatic heterocycles. The molecule has 6 nitrogen and oxygen atoms in total. The van der Waals surface area contributed by atoms with Crippen molar-refractivity contribution in [3.8, 4) is 5.69 Å². The number of alkyl halides is 1. The zero-order valence-corrected chi connectivity index (χ0v) is 18.3. The van der Waals surface area contributed by atoms with Crippen LogP contribution in [0.3, 0.4) is 0 Å². The number of nitrogens with zero attached hydrogens (tertiary/aromatic N) is 2. The summed E-state index contributed by atoms with van der Waals surface area (Å²) >= 11 is 0. The molecule has 0 saturated heterocycles. The molecule has 4 aromatic rings. The number of halogens is 1. The van der Waals surface area contributed by atoms with Gasteiger partial charge in [-0.15, -0.1) is 0 Å². The minimum absolute atomic E-state index is 0.156. The molecule has 3 aromatic heterocycles. The minimum Gasteiger partial charge on any atom is -0.357 e. The topological polar surface area (TPSA) is 74.7 Å². The van der Waals surface area contributed by atoms with E-state index in [1.807, 2.05) is 41.2 Å². The fourth-order valence-corrected chi connectivity index (χ4v) is 5.43. The van der Waals surface area contributed by atoms with Gasteiger partial charge in [-0.05, 0) is 66.0 Å². The number of amides is 1. The molecule has 3 aliphatic rings. The van der Waals surface area contributed by atoms with Crippen molar-refractivity contribution in [2.75, 3.05) is 6.54 Å². The first-order chi connectivity index (χ1) is 16.0. The van der Waals surface area contributed by atoms with Gasteiger partial charge in [0.15, 0.2) is 0 Å². The summed E-state index contributed by atoms with van der Waals surface area (Å²) in [5.74, 6) is -0.156. The van der Waals surface area contributed by atoms with E-state index in [-0.39, 0.29) is 11.3 Å². The second-order valence-electron chi connectivity index (χ2n) is 9.71. The lowest BCUT2D eigenvalue weighted by atomic mass is 9.42. The molecule has 7 rings (SSSR count). The SMILES string of the molecule is O=C(NCc1ccc2cc(CNCC34CC(F)(C3)C4)[nH]c2c1)c1cncc(-n2cccc2)c1. The van der Waals surface area contributed by atoms with Crippen molar-refractivity contribution >= 4 is 16.8 Å². The Labute approximate surface area is 191 Å². The van der Waals surface area contributed by atoms with Crippen molar-refractivity contribution in [2.45, 2.75) is 38.0 Å². The molecule has 1 amide bonds. The molecule has 3 N–H and O–H groups in total. The van der Waals surface area contributed by atoms with Crippen molar-refractivity contribution in [3.63, 3.8) is 0 Å². The van der Waals surface area contributed by atoms with Gasteiger partial charge in [0.1, 0.15) is 5.67 Å². The maximum absolute atomic E-state index is 13.7. The van der Waals surface area contributed by atoms with Gasteiger partial charge in [0.25, 0.3) is 5.91 Å². The van der Waals surface area contributed by atoms with Crippen molar-refractivity contribution in [1.82, 2.24) is 25.2 Å². The molecule has 3 heterocycles. The van der Waals surface area contributed by atoms with Crippen molar-refractivity contribution in [3.05, 3.63) is 84.1 Å². The third-order valence-electron chi connectivity index (χ3n) is 6.98. The summed E-state index contributed by atoms with van der Waals surface area (Å²) in [7, 11) is 0. The number of fused-ring (bicyclic) bond motifs is 1. The lowest BCUT2D eigenvalue weighted by Gasteiger charge is -2.66. The van der Waals surface area contributed by atoms with E-state index in [9.17, 15) is 9.18 Å². The predicted molar refractivity (Wildman–Crippen MR) is 125 cm³/mol. The normalized spacial score (nSPS) is 23.2. The standard InChI is InChI=1S/C26H26FN5O/c27-26-14-25(15-26,16-26)17-29-12-21-8-19-4-3-18(7-23(19)31-21)10-30-24(33)20-9-22(13-28-11-20)32-5-1-2-6-32/h1-9,11,13,29,31H,10,12,14-17H2,(H,30,33). The Hall–Kier alpha value is -3.45. The Balaban J connectivity index is 1.06. The molecule has 0 atom stereocenters. The number of nitrogens with one attached hydrogen (secondary N) is 3. The van der Waals surface area contributed by atoms with Crippen LogP contribution in [0.15, 0.2) is 67.3 Å². The Morgan fingerprint density at radius 3 is 2.70 bits per heavy atom. The van der Waals surface area contributed by atoms with Gasteiger partial charge in [0.05, 0.1) is 17.4 Å². The number of carbonyl (C=O) groups excluding carboxylic acids is 1. The van der Waals surface area contributed by atoms with Crippen LogP contribution in [-0.4, -0.2) is 32.7 Å². The van der Waals surface area contributed by atoms with E-state index in [1.165, 1.54) is 0 Å². The second kappa shape index (κ2) is 7.56. The lowest BCUT2D eigenvalue weighted by Crippen LogP contribution is -2.67. The summed E-state index contributed by atoms with van der Waals surface area (Å²) in [4.78, 5) is 20.3. The number of aromatic nitrogens is 3. The van der Waals surface area contributed by atoms with Crippen LogP contribution in [0, 0.1) is 5.41 Å². The quantitative estimate of drug-likeness (QED) is 0.381. The molecule has 3 fully saturated rings. The number of carbonyl (C=O) groups is 1. The van der Waals surface area contributed by atoms with Crippen molar-refractivity contribution < 1.29 is 9.18 Å². The third-order valence-corrected chi connectivity index (χ3v) is 6.98. The highest BCUT2D eigenvalue weighted by molar-refractivity contribution is 5.94. The Kier molecular flexibility index (Phi) is 4.62. The average molecular weight is 444 g/mol. The second-order valence-corrected chi connectivity index (χ2v) is 9.71. The van der Waals surface area contributed by atoms with Crippen LogP contribution < -0.4 is 10.6 Å². The van der Waals surface area contributed by atoms with Crippen molar-refractivity contribution in [1.29, 1.82) is 0 Å². The van der Waals surface area contributed by atoms with Gasteiger partial charge < -0.3 is 20.2 Å². The Morgan fingerprint density at radius 2 is 1.91 bits per heavy atom. The van der Waals surface area contributed by atoms with Gasteiger partial charge in [-0.25, -0.2) is 4.39 Å². The first kappa shape index (κ1) is 20.2. The molecule has 1 aromatic carbocycles. The molecule has 3 aliphatic carbocycles. The first-order valence-corrected chi connectivity index (χ1v) is 11.4. The number of rotatable bonds is 8. The highest BCUT2D eigenvalue weighted by atomic mass is 19.1. The molecule has 33 heavy (non-hydrogen) atoms. The third kappa shape index (κ3) is 3.82. The summed E-state index contributed by atoms with van der Waals surface area (Å²) in [6.07, 6.45) is 9.32. The molecule has 168 valence electrons. The number of hydrogen-bond acceptors (Lipinski definition) is 3. The van der Waals surface area contributed by atoms with Gasteiger partial charge in [-0.3, -0.25) is 9.78 Å².